The lowest BCUT2D eigenvalue weighted by Crippen LogP contribution is -2.04. The van der Waals surface area contributed by atoms with Crippen molar-refractivity contribution in [2.45, 2.75) is 11.2 Å². The van der Waals surface area contributed by atoms with Crippen molar-refractivity contribution in [3.8, 4) is 0 Å². The van der Waals surface area contributed by atoms with Crippen molar-refractivity contribution in [2.24, 2.45) is 0 Å². The largest absolute Gasteiger partial charge is 0.159 e. The number of halogens is 6. The topological polar surface area (TPSA) is 0 Å². The summed E-state index contributed by atoms with van der Waals surface area (Å²) in [6.07, 6.45) is 0. The Hall–Kier alpha value is 2.10. The number of alkyl halides is 6. The fraction of sp³-hybridized carbons (Fsp3) is 0.333. The molecule has 0 nitrogen and oxygen atoms in total. The van der Waals surface area contributed by atoms with Crippen molar-refractivity contribution in [2.75, 3.05) is 0 Å². The predicted molar refractivity (Wildman–Crippen MR) is 88.1 cm³/mol. The molecule has 0 bridgehead atoms. The Kier molecular flexibility index (Phi) is 5.45. The van der Waals surface area contributed by atoms with Crippen LogP contribution < -0.4 is 0 Å². The molecule has 0 aliphatic carbocycles. The average molecular weight is 594 g/mol. The van der Waals surface area contributed by atoms with E-state index in [9.17, 15) is 0 Å². The van der Waals surface area contributed by atoms with E-state index in [2.05, 4.69) is 121 Å². The Morgan fingerprint density at radius 3 is 1.33 bits per heavy atom. The molecule has 0 radical (unpaired) electrons. The summed E-state index contributed by atoms with van der Waals surface area (Å²) in [6, 6.07) is 6.27. The smallest absolute Gasteiger partial charge is 0.0546 e. The standard InChI is InChI=1S/C9H6Br6/c1-5-2-6(8(10,11)12)4-7(3-5)9(13,14)15/h2-4H,1H3. The molecular formula is C9H6Br6. The Bertz CT molecular complexity index is 328. The maximum absolute atomic E-state index is 3.51. The second-order valence-electron chi connectivity index (χ2n) is 3.08. The molecule has 0 N–H and O–H groups in total. The fourth-order valence-corrected chi connectivity index (χ4v) is 2.48. The van der Waals surface area contributed by atoms with Crippen LogP contribution in [0.25, 0.3) is 0 Å². The molecule has 1 aromatic carbocycles. The molecule has 0 amide bonds. The van der Waals surface area contributed by atoms with Crippen LogP contribution >= 0.6 is 95.6 Å². The first-order valence-corrected chi connectivity index (χ1v) is 8.62. The average Bonchev–Trinajstić information content (AvgIpc) is 1.99. The van der Waals surface area contributed by atoms with E-state index < -0.39 is 0 Å². The lowest BCUT2D eigenvalue weighted by Gasteiger charge is -2.19. The van der Waals surface area contributed by atoms with Crippen molar-refractivity contribution in [1.29, 1.82) is 0 Å². The zero-order valence-corrected chi connectivity index (χ0v) is 17.0. The van der Waals surface area contributed by atoms with Gasteiger partial charge in [-0.25, -0.2) is 0 Å². The zero-order chi connectivity index (χ0) is 11.9. The van der Waals surface area contributed by atoms with Crippen LogP contribution in [0.15, 0.2) is 18.2 Å². The van der Waals surface area contributed by atoms with Gasteiger partial charge in [0.05, 0.1) is 0 Å². The van der Waals surface area contributed by atoms with E-state index in [4.69, 9.17) is 0 Å². The quantitative estimate of drug-likeness (QED) is 0.298. The van der Waals surface area contributed by atoms with Crippen molar-refractivity contribution in [3.63, 3.8) is 0 Å². The highest BCUT2D eigenvalue weighted by Gasteiger charge is 2.26. The number of hydrogen-bond acceptors (Lipinski definition) is 0. The lowest BCUT2D eigenvalue weighted by atomic mass is 10.1. The van der Waals surface area contributed by atoms with Crippen molar-refractivity contribution in [1.82, 2.24) is 0 Å². The third-order valence-electron chi connectivity index (χ3n) is 1.73. The van der Waals surface area contributed by atoms with E-state index in [1.165, 1.54) is 5.56 Å². The maximum atomic E-state index is 3.51. The van der Waals surface area contributed by atoms with Gasteiger partial charge in [-0.1, -0.05) is 113 Å². The first-order chi connectivity index (χ1) is 6.60. The highest BCUT2D eigenvalue weighted by molar-refractivity contribution is 9.39. The van der Waals surface area contributed by atoms with Gasteiger partial charge >= 0.3 is 0 Å². The van der Waals surface area contributed by atoms with Gasteiger partial charge in [0.1, 0.15) is 0 Å². The van der Waals surface area contributed by atoms with Gasteiger partial charge in [-0.2, -0.15) is 0 Å². The van der Waals surface area contributed by atoms with Gasteiger partial charge in [0.15, 0.2) is 4.29 Å². The minimum absolute atomic E-state index is 0.383. The normalized spacial score (nSPS) is 13.0. The van der Waals surface area contributed by atoms with Crippen LogP contribution in [0, 0.1) is 6.92 Å². The van der Waals surface area contributed by atoms with E-state index >= 15 is 0 Å². The molecule has 6 heteroatoms. The fourth-order valence-electron chi connectivity index (χ4n) is 1.11. The second-order valence-corrected chi connectivity index (χ2v) is 16.6. The number of aryl methyl sites for hydroxylation is 1. The van der Waals surface area contributed by atoms with Crippen LogP contribution in [0.2, 0.25) is 0 Å². The van der Waals surface area contributed by atoms with Gasteiger partial charge in [-0.05, 0) is 24.1 Å². The summed E-state index contributed by atoms with van der Waals surface area (Å²) >= 11 is 21.1. The van der Waals surface area contributed by atoms with Crippen molar-refractivity contribution < 1.29 is 0 Å². The van der Waals surface area contributed by atoms with Gasteiger partial charge in [0.2, 0.25) is 0 Å². The van der Waals surface area contributed by atoms with Crippen LogP contribution in [-0.4, -0.2) is 0 Å². The van der Waals surface area contributed by atoms with E-state index in [1.54, 1.807) is 0 Å². The van der Waals surface area contributed by atoms with Crippen LogP contribution in [0.4, 0.5) is 0 Å². The van der Waals surface area contributed by atoms with Crippen LogP contribution in [0.3, 0.4) is 0 Å². The molecule has 0 spiro atoms. The van der Waals surface area contributed by atoms with Gasteiger partial charge in [0, 0.05) is 0 Å². The lowest BCUT2D eigenvalue weighted by molar-refractivity contribution is 1.25. The first kappa shape index (κ1) is 15.2. The Balaban J connectivity index is 3.30. The summed E-state index contributed by atoms with van der Waals surface area (Å²) in [6.45, 7) is 2.06. The second kappa shape index (κ2) is 5.39. The molecule has 0 saturated heterocycles. The summed E-state index contributed by atoms with van der Waals surface area (Å²) in [5.74, 6) is 0. The van der Waals surface area contributed by atoms with Crippen LogP contribution in [-0.2, 0) is 4.29 Å². The van der Waals surface area contributed by atoms with E-state index in [1.807, 2.05) is 0 Å². The minimum atomic E-state index is -0.383. The molecule has 1 aromatic rings. The predicted octanol–water partition coefficient (Wildman–Crippen LogP) is 6.59. The Morgan fingerprint density at radius 2 is 1.07 bits per heavy atom. The summed E-state index contributed by atoms with van der Waals surface area (Å²) in [5.41, 5.74) is 3.38. The molecule has 15 heavy (non-hydrogen) atoms. The summed E-state index contributed by atoms with van der Waals surface area (Å²) in [5, 5.41) is 0. The first-order valence-electron chi connectivity index (χ1n) is 3.87. The molecule has 0 aromatic heterocycles. The summed E-state index contributed by atoms with van der Waals surface area (Å²) in [7, 11) is 0. The highest BCUT2D eigenvalue weighted by Crippen LogP contribution is 2.49. The SMILES string of the molecule is Cc1cc(C(Br)(Br)Br)cc(C(Br)(Br)Br)c1. The molecule has 84 valence electrons. The molecule has 0 fully saturated rings. The van der Waals surface area contributed by atoms with Crippen LogP contribution in [0.1, 0.15) is 16.7 Å². The van der Waals surface area contributed by atoms with Gasteiger partial charge < -0.3 is 0 Å². The van der Waals surface area contributed by atoms with Gasteiger partial charge in [-0.15, -0.1) is 0 Å². The van der Waals surface area contributed by atoms with Gasteiger partial charge in [-0.3, -0.25) is 0 Å². The van der Waals surface area contributed by atoms with E-state index in [0.717, 1.165) is 11.1 Å². The molecule has 0 heterocycles. The van der Waals surface area contributed by atoms with Gasteiger partial charge in [0.25, 0.3) is 0 Å². The summed E-state index contributed by atoms with van der Waals surface area (Å²) < 4.78 is -0.766. The molecule has 1 rings (SSSR count). The maximum Gasteiger partial charge on any atom is 0.159 e. The van der Waals surface area contributed by atoms with Crippen molar-refractivity contribution in [3.05, 3.63) is 34.9 Å². The Labute approximate surface area is 140 Å². The summed E-state index contributed by atoms with van der Waals surface area (Å²) in [4.78, 5) is 0. The minimum Gasteiger partial charge on any atom is -0.0546 e. The molecule has 0 unspecified atom stereocenters. The molecule has 0 aliphatic rings. The number of hydrogen-bond donors (Lipinski definition) is 0. The molecule has 0 aliphatic heterocycles. The zero-order valence-electron chi connectivity index (χ0n) is 7.50. The molecule has 0 atom stereocenters. The third kappa shape index (κ3) is 4.70. The third-order valence-corrected chi connectivity index (χ3v) is 4.48. The van der Waals surface area contributed by atoms with Crippen molar-refractivity contribution >= 4 is 95.6 Å². The number of benzene rings is 1. The highest BCUT2D eigenvalue weighted by atomic mass is 80.0. The number of rotatable bonds is 0. The van der Waals surface area contributed by atoms with E-state index in [-0.39, 0.29) is 4.29 Å². The van der Waals surface area contributed by atoms with E-state index in [0.29, 0.717) is 0 Å². The molecule has 0 saturated carbocycles. The Morgan fingerprint density at radius 1 is 0.733 bits per heavy atom. The molecular weight excluding hydrogens is 588 g/mol. The monoisotopic (exact) mass is 588 g/mol. The van der Waals surface area contributed by atoms with Crippen LogP contribution in [0.5, 0.6) is 0 Å².